The monoisotopic (exact) mass is 536 g/mol. The fraction of sp³-hybridized carbons (Fsp3) is 0.138. The Hall–Kier alpha value is -5.45. The Bertz CT molecular complexity index is 1810. The lowest BCUT2D eigenvalue weighted by Gasteiger charge is -2.11. The summed E-state index contributed by atoms with van der Waals surface area (Å²) in [6.45, 7) is 0.0219. The predicted octanol–water partition coefficient (Wildman–Crippen LogP) is 5.10. The summed E-state index contributed by atoms with van der Waals surface area (Å²) in [5.74, 6) is 1.01. The summed E-state index contributed by atoms with van der Waals surface area (Å²) < 4.78 is 15.1. The Labute approximate surface area is 228 Å². The molecule has 0 aliphatic heterocycles. The largest absolute Gasteiger partial charge is 0.508 e. The maximum absolute atomic E-state index is 11.3. The lowest BCUT2D eigenvalue weighted by Crippen LogP contribution is -2.07. The second-order valence-electron chi connectivity index (χ2n) is 9.25. The van der Waals surface area contributed by atoms with Gasteiger partial charge in [0.2, 0.25) is 5.88 Å². The molecule has 11 nitrogen and oxygen atoms in total. The van der Waals surface area contributed by atoms with Crippen molar-refractivity contribution in [2.45, 2.75) is 19.4 Å². The first-order valence-electron chi connectivity index (χ1n) is 12.5. The molecule has 11 heteroatoms. The van der Waals surface area contributed by atoms with Gasteiger partial charge in [0.05, 0.1) is 31.1 Å². The van der Waals surface area contributed by atoms with Crippen LogP contribution in [-0.4, -0.2) is 33.9 Å². The van der Waals surface area contributed by atoms with E-state index in [-0.39, 0.29) is 18.3 Å². The number of rotatable bonds is 9. The van der Waals surface area contributed by atoms with Crippen LogP contribution in [0.1, 0.15) is 28.4 Å². The van der Waals surface area contributed by atoms with Gasteiger partial charge in [-0.1, -0.05) is 47.4 Å². The van der Waals surface area contributed by atoms with Crippen LogP contribution < -0.4 is 4.74 Å². The molecular formula is C29H24N6O5. The first-order chi connectivity index (χ1) is 19.5. The number of ether oxygens (including phenoxy) is 1. The molecular weight excluding hydrogens is 512 g/mol. The zero-order chi connectivity index (χ0) is 27.6. The predicted molar refractivity (Wildman–Crippen MR) is 145 cm³/mol. The molecule has 0 spiro atoms. The summed E-state index contributed by atoms with van der Waals surface area (Å²) in [6.07, 6.45) is 5.72. The minimum atomic E-state index is -0.539. The average molecular weight is 537 g/mol. The Kier molecular flexibility index (Phi) is 6.44. The van der Waals surface area contributed by atoms with Gasteiger partial charge in [0.25, 0.3) is 0 Å². The van der Waals surface area contributed by atoms with E-state index in [1.165, 1.54) is 10.8 Å². The van der Waals surface area contributed by atoms with Crippen molar-refractivity contribution in [3.63, 3.8) is 0 Å². The standard InChI is InChI=1S/C29H24N6O5/c1-33-21(16-30-29(33)35(37)38)18-40-28-25(15-23-11-6-12-39-23)32-27-24(13-19-7-3-2-4-8-19)31-26(17-34(27)28)20-9-5-10-22(36)14-20/h2-12,14,16-17,36H,13,15,18H2,1H3. The van der Waals surface area contributed by atoms with E-state index in [4.69, 9.17) is 19.1 Å². The van der Waals surface area contributed by atoms with Gasteiger partial charge in [-0.15, -0.1) is 0 Å². The molecule has 4 aromatic heterocycles. The Balaban J connectivity index is 1.50. The van der Waals surface area contributed by atoms with E-state index in [2.05, 4.69) is 4.98 Å². The number of fused-ring (bicyclic) bond motifs is 1. The van der Waals surface area contributed by atoms with Crippen LogP contribution in [0.3, 0.4) is 0 Å². The number of hydrogen-bond donors (Lipinski definition) is 1. The number of hydrogen-bond acceptors (Lipinski definition) is 8. The van der Waals surface area contributed by atoms with Gasteiger partial charge in [-0.3, -0.25) is 4.40 Å². The molecule has 0 radical (unpaired) electrons. The molecule has 6 aromatic rings. The summed E-state index contributed by atoms with van der Waals surface area (Å²) in [7, 11) is 1.57. The van der Waals surface area contributed by atoms with Crippen molar-refractivity contribution in [3.05, 3.63) is 124 Å². The molecule has 200 valence electrons. The molecule has 40 heavy (non-hydrogen) atoms. The first kappa shape index (κ1) is 24.9. The normalized spacial score (nSPS) is 11.2. The minimum absolute atomic E-state index is 0.0219. The molecule has 0 bridgehead atoms. The van der Waals surface area contributed by atoms with Crippen molar-refractivity contribution < 1.29 is 19.2 Å². The van der Waals surface area contributed by atoms with E-state index >= 15 is 0 Å². The molecule has 0 unspecified atom stereocenters. The third-order valence-electron chi connectivity index (χ3n) is 6.56. The number of furan rings is 1. The van der Waals surface area contributed by atoms with Crippen LogP contribution in [0, 0.1) is 10.1 Å². The number of benzene rings is 2. The van der Waals surface area contributed by atoms with Crippen LogP contribution in [0.5, 0.6) is 11.6 Å². The summed E-state index contributed by atoms with van der Waals surface area (Å²) in [5.41, 5.74) is 4.89. The maximum Gasteiger partial charge on any atom is 0.434 e. The Morgan fingerprint density at radius 1 is 1.02 bits per heavy atom. The van der Waals surface area contributed by atoms with Gasteiger partial charge in [0.1, 0.15) is 30.0 Å². The lowest BCUT2D eigenvalue weighted by atomic mass is 10.1. The molecule has 4 heterocycles. The third-order valence-corrected chi connectivity index (χ3v) is 6.56. The minimum Gasteiger partial charge on any atom is -0.508 e. The van der Waals surface area contributed by atoms with Crippen molar-refractivity contribution in [3.8, 4) is 22.9 Å². The third kappa shape index (κ3) is 4.87. The molecule has 1 N–H and O–H groups in total. The number of nitro groups is 1. The van der Waals surface area contributed by atoms with Crippen LogP contribution in [0.4, 0.5) is 5.95 Å². The van der Waals surface area contributed by atoms with Crippen molar-refractivity contribution in [2.75, 3.05) is 0 Å². The molecule has 6 rings (SSSR count). The second kappa shape index (κ2) is 10.4. The van der Waals surface area contributed by atoms with E-state index in [1.807, 2.05) is 59.1 Å². The van der Waals surface area contributed by atoms with E-state index in [0.29, 0.717) is 47.2 Å². The molecule has 0 saturated carbocycles. The van der Waals surface area contributed by atoms with Crippen LogP contribution in [-0.2, 0) is 26.5 Å². The zero-order valence-electron chi connectivity index (χ0n) is 21.5. The van der Waals surface area contributed by atoms with Crippen LogP contribution in [0.15, 0.2) is 89.8 Å². The summed E-state index contributed by atoms with van der Waals surface area (Å²) in [4.78, 5) is 24.5. The van der Waals surface area contributed by atoms with Gasteiger partial charge in [0, 0.05) is 18.2 Å². The molecule has 0 amide bonds. The van der Waals surface area contributed by atoms with E-state index < -0.39 is 4.92 Å². The van der Waals surface area contributed by atoms with E-state index in [9.17, 15) is 15.2 Å². The molecule has 2 aromatic carbocycles. The Morgan fingerprint density at radius 2 is 1.88 bits per heavy atom. The number of aromatic hydroxyl groups is 1. The van der Waals surface area contributed by atoms with Gasteiger partial charge < -0.3 is 24.4 Å². The average Bonchev–Trinajstić information content (AvgIpc) is 3.68. The quantitative estimate of drug-likeness (QED) is 0.199. The van der Waals surface area contributed by atoms with E-state index in [1.54, 1.807) is 31.5 Å². The topological polar surface area (TPSA) is 134 Å². The molecule has 0 atom stereocenters. The van der Waals surface area contributed by atoms with Crippen LogP contribution in [0.25, 0.3) is 16.9 Å². The summed E-state index contributed by atoms with van der Waals surface area (Å²) in [5, 5.41) is 21.4. The number of aromatic nitrogens is 5. The fourth-order valence-electron chi connectivity index (χ4n) is 4.57. The van der Waals surface area contributed by atoms with Gasteiger partial charge in [-0.25, -0.2) is 14.5 Å². The SMILES string of the molecule is Cn1c(COc2c(Cc3ccco3)nc3c(Cc4ccccc4)nc(-c4cccc(O)c4)cn23)cnc1[N+](=O)[O-]. The Morgan fingerprint density at radius 3 is 2.60 bits per heavy atom. The molecule has 0 saturated heterocycles. The lowest BCUT2D eigenvalue weighted by molar-refractivity contribution is -0.396. The zero-order valence-corrected chi connectivity index (χ0v) is 21.5. The molecule has 0 aliphatic rings. The highest BCUT2D eigenvalue weighted by molar-refractivity contribution is 5.64. The van der Waals surface area contributed by atoms with Crippen molar-refractivity contribution >= 4 is 11.6 Å². The highest BCUT2D eigenvalue weighted by atomic mass is 16.6. The van der Waals surface area contributed by atoms with Gasteiger partial charge in [-0.2, -0.15) is 0 Å². The van der Waals surface area contributed by atoms with Crippen molar-refractivity contribution in [1.29, 1.82) is 0 Å². The molecule has 0 aliphatic carbocycles. The molecule has 0 fully saturated rings. The van der Waals surface area contributed by atoms with Crippen LogP contribution >= 0.6 is 0 Å². The van der Waals surface area contributed by atoms with Gasteiger partial charge >= 0.3 is 5.95 Å². The van der Waals surface area contributed by atoms with Gasteiger partial charge in [-0.05, 0) is 34.8 Å². The van der Waals surface area contributed by atoms with Crippen molar-refractivity contribution in [2.24, 2.45) is 7.05 Å². The van der Waals surface area contributed by atoms with Crippen molar-refractivity contribution in [1.82, 2.24) is 23.9 Å². The number of phenols is 1. The summed E-state index contributed by atoms with van der Waals surface area (Å²) in [6, 6.07) is 20.5. The smallest absolute Gasteiger partial charge is 0.434 e. The summed E-state index contributed by atoms with van der Waals surface area (Å²) >= 11 is 0. The van der Waals surface area contributed by atoms with Gasteiger partial charge in [0.15, 0.2) is 11.3 Å². The fourth-order valence-corrected chi connectivity index (χ4v) is 4.57. The van der Waals surface area contributed by atoms with Crippen LogP contribution in [0.2, 0.25) is 0 Å². The number of nitrogens with zero attached hydrogens (tertiary/aromatic N) is 6. The number of phenolic OH excluding ortho intramolecular Hbond substituents is 1. The maximum atomic E-state index is 11.3. The van der Waals surface area contributed by atoms with E-state index in [0.717, 1.165) is 16.8 Å². The second-order valence-corrected chi connectivity index (χ2v) is 9.25. The number of imidazole rings is 2. The first-order valence-corrected chi connectivity index (χ1v) is 12.5. The highest BCUT2D eigenvalue weighted by Crippen LogP contribution is 2.31. The highest BCUT2D eigenvalue weighted by Gasteiger charge is 2.23.